The molecule has 0 bridgehead atoms. The van der Waals surface area contributed by atoms with Crippen LogP contribution in [0.1, 0.15) is 0 Å². The van der Waals surface area contributed by atoms with Crippen molar-refractivity contribution in [3.8, 4) is 0 Å². The molecule has 2 N–H and O–H groups in total. The standard InChI is InChI=1S/C8H16F2N2O4S/c1-11(2)17(15,16)12-3-5(8(9)10)7(14)6(13)4-12/h5-8,13-14H,3-4H2,1-2H3. The number of hydrogen-bond acceptors (Lipinski definition) is 4. The predicted octanol–water partition coefficient (Wildman–Crippen LogP) is -1.29. The van der Waals surface area contributed by atoms with Gasteiger partial charge >= 0.3 is 0 Å². The Morgan fingerprint density at radius 2 is 1.82 bits per heavy atom. The van der Waals surface area contributed by atoms with Crippen molar-refractivity contribution in [1.82, 2.24) is 8.61 Å². The highest BCUT2D eigenvalue weighted by Crippen LogP contribution is 2.25. The lowest BCUT2D eigenvalue weighted by Crippen LogP contribution is -2.57. The lowest BCUT2D eigenvalue weighted by atomic mass is 9.94. The third kappa shape index (κ3) is 2.91. The van der Waals surface area contributed by atoms with Gasteiger partial charge in [0, 0.05) is 27.2 Å². The molecular formula is C8H16F2N2O4S. The van der Waals surface area contributed by atoms with Crippen LogP contribution in [0.3, 0.4) is 0 Å². The minimum Gasteiger partial charge on any atom is -0.390 e. The SMILES string of the molecule is CN(C)S(=O)(=O)N1CC(O)C(O)C(C(F)F)C1. The highest BCUT2D eigenvalue weighted by atomic mass is 32.2. The van der Waals surface area contributed by atoms with Crippen molar-refractivity contribution < 1.29 is 27.4 Å². The number of β-amino-alcohol motifs (C(OH)–C–C–N with tert-alkyl or cyclic N) is 1. The van der Waals surface area contributed by atoms with Gasteiger partial charge in [0.1, 0.15) is 0 Å². The molecule has 6 nitrogen and oxygen atoms in total. The van der Waals surface area contributed by atoms with Crippen molar-refractivity contribution in [2.24, 2.45) is 5.92 Å². The van der Waals surface area contributed by atoms with Gasteiger partial charge in [0.15, 0.2) is 0 Å². The molecule has 1 aliphatic heterocycles. The predicted molar refractivity (Wildman–Crippen MR) is 55.7 cm³/mol. The first kappa shape index (κ1) is 14.7. The van der Waals surface area contributed by atoms with E-state index in [1.54, 1.807) is 0 Å². The fourth-order valence-electron chi connectivity index (χ4n) is 1.67. The summed E-state index contributed by atoms with van der Waals surface area (Å²) in [7, 11) is -1.32. The molecule has 1 fully saturated rings. The Kier molecular flexibility index (Phi) is 4.42. The fraction of sp³-hybridized carbons (Fsp3) is 1.00. The number of nitrogens with zero attached hydrogens (tertiary/aromatic N) is 2. The summed E-state index contributed by atoms with van der Waals surface area (Å²) in [6.07, 6.45) is -6.00. The van der Waals surface area contributed by atoms with Crippen LogP contribution in [-0.4, -0.2) is 73.1 Å². The Labute approximate surface area is 98.6 Å². The van der Waals surface area contributed by atoms with Crippen molar-refractivity contribution in [3.05, 3.63) is 0 Å². The minimum absolute atomic E-state index is 0.384. The molecular weight excluding hydrogens is 258 g/mol. The molecule has 0 spiro atoms. The van der Waals surface area contributed by atoms with Gasteiger partial charge in [0.2, 0.25) is 6.43 Å². The number of hydrogen-bond donors (Lipinski definition) is 2. The molecule has 0 saturated carbocycles. The second-order valence-electron chi connectivity index (χ2n) is 4.16. The second-order valence-corrected chi connectivity index (χ2v) is 6.31. The Morgan fingerprint density at radius 3 is 2.24 bits per heavy atom. The van der Waals surface area contributed by atoms with Gasteiger partial charge in [-0.2, -0.15) is 17.0 Å². The minimum atomic E-state index is -3.86. The highest BCUT2D eigenvalue weighted by Gasteiger charge is 2.43. The monoisotopic (exact) mass is 274 g/mol. The first-order valence-corrected chi connectivity index (χ1v) is 6.39. The van der Waals surface area contributed by atoms with E-state index in [-0.39, 0.29) is 6.54 Å². The largest absolute Gasteiger partial charge is 0.390 e. The maximum Gasteiger partial charge on any atom is 0.281 e. The van der Waals surface area contributed by atoms with Crippen LogP contribution < -0.4 is 0 Å². The third-order valence-corrected chi connectivity index (χ3v) is 4.62. The Morgan fingerprint density at radius 1 is 1.29 bits per heavy atom. The molecule has 1 heterocycles. The van der Waals surface area contributed by atoms with Crippen LogP contribution in [0.4, 0.5) is 8.78 Å². The fourth-order valence-corrected chi connectivity index (χ4v) is 2.83. The van der Waals surface area contributed by atoms with E-state index in [2.05, 4.69) is 0 Å². The maximum absolute atomic E-state index is 12.6. The lowest BCUT2D eigenvalue weighted by molar-refractivity contribution is -0.102. The van der Waals surface area contributed by atoms with Gasteiger partial charge in [-0.3, -0.25) is 0 Å². The average Bonchev–Trinajstić information content (AvgIpc) is 2.20. The van der Waals surface area contributed by atoms with E-state index in [4.69, 9.17) is 0 Å². The zero-order valence-electron chi connectivity index (χ0n) is 9.49. The molecule has 0 aromatic rings. The molecule has 3 unspecified atom stereocenters. The molecule has 0 aliphatic carbocycles. The first-order chi connectivity index (χ1) is 7.67. The van der Waals surface area contributed by atoms with Crippen molar-refractivity contribution in [2.45, 2.75) is 18.6 Å². The highest BCUT2D eigenvalue weighted by molar-refractivity contribution is 7.86. The van der Waals surface area contributed by atoms with Crippen molar-refractivity contribution in [3.63, 3.8) is 0 Å². The Balaban J connectivity index is 2.92. The van der Waals surface area contributed by atoms with E-state index < -0.39 is 41.3 Å². The molecule has 0 aromatic carbocycles. The number of alkyl halides is 2. The van der Waals surface area contributed by atoms with Gasteiger partial charge in [0.25, 0.3) is 10.2 Å². The molecule has 3 atom stereocenters. The van der Waals surface area contributed by atoms with E-state index in [0.29, 0.717) is 0 Å². The number of halogens is 2. The van der Waals surface area contributed by atoms with Crippen LogP contribution in [0.2, 0.25) is 0 Å². The Bertz CT molecular complexity index is 363. The van der Waals surface area contributed by atoms with E-state index in [1.807, 2.05) is 0 Å². The van der Waals surface area contributed by atoms with Gasteiger partial charge in [-0.15, -0.1) is 0 Å². The molecule has 0 radical (unpaired) electrons. The molecule has 1 saturated heterocycles. The first-order valence-electron chi connectivity index (χ1n) is 4.99. The van der Waals surface area contributed by atoms with Crippen LogP contribution in [0.15, 0.2) is 0 Å². The molecule has 9 heteroatoms. The molecule has 0 amide bonds. The summed E-state index contributed by atoms with van der Waals surface area (Å²) in [5.74, 6) is -1.58. The lowest BCUT2D eigenvalue weighted by Gasteiger charge is -2.38. The van der Waals surface area contributed by atoms with Crippen molar-refractivity contribution in [2.75, 3.05) is 27.2 Å². The van der Waals surface area contributed by atoms with Crippen LogP contribution in [-0.2, 0) is 10.2 Å². The van der Waals surface area contributed by atoms with Crippen LogP contribution in [0, 0.1) is 5.92 Å². The summed E-state index contributed by atoms with van der Waals surface area (Å²) in [4.78, 5) is 0. The zero-order chi connectivity index (χ0) is 13.4. The van der Waals surface area contributed by atoms with E-state index in [9.17, 15) is 27.4 Å². The van der Waals surface area contributed by atoms with Crippen LogP contribution >= 0.6 is 0 Å². The number of piperidine rings is 1. The van der Waals surface area contributed by atoms with Crippen LogP contribution in [0.5, 0.6) is 0 Å². The molecule has 17 heavy (non-hydrogen) atoms. The maximum atomic E-state index is 12.6. The van der Waals surface area contributed by atoms with Gasteiger partial charge in [-0.25, -0.2) is 8.78 Å². The normalized spacial score (nSPS) is 32.4. The summed E-state index contributed by atoms with van der Waals surface area (Å²) < 4.78 is 50.3. The molecule has 1 rings (SSSR count). The second kappa shape index (κ2) is 5.11. The van der Waals surface area contributed by atoms with Crippen molar-refractivity contribution >= 4 is 10.2 Å². The summed E-state index contributed by atoms with van der Waals surface area (Å²) in [6.45, 7) is -0.888. The van der Waals surface area contributed by atoms with Crippen LogP contribution in [0.25, 0.3) is 0 Å². The summed E-state index contributed by atoms with van der Waals surface area (Å²) in [5, 5.41) is 18.8. The van der Waals surface area contributed by atoms with Gasteiger partial charge in [0.05, 0.1) is 18.1 Å². The van der Waals surface area contributed by atoms with E-state index in [1.165, 1.54) is 14.1 Å². The molecule has 102 valence electrons. The van der Waals surface area contributed by atoms with Gasteiger partial charge in [-0.05, 0) is 0 Å². The Hall–Kier alpha value is -0.350. The smallest absolute Gasteiger partial charge is 0.281 e. The van der Waals surface area contributed by atoms with Gasteiger partial charge < -0.3 is 10.2 Å². The number of aliphatic hydroxyl groups is 2. The van der Waals surface area contributed by atoms with E-state index in [0.717, 1.165) is 8.61 Å². The summed E-state index contributed by atoms with van der Waals surface area (Å²) >= 11 is 0. The topological polar surface area (TPSA) is 81.1 Å². The number of aliphatic hydroxyl groups excluding tert-OH is 2. The van der Waals surface area contributed by atoms with Gasteiger partial charge in [-0.1, -0.05) is 0 Å². The zero-order valence-corrected chi connectivity index (χ0v) is 10.3. The summed E-state index contributed by atoms with van der Waals surface area (Å²) in [6, 6.07) is 0. The van der Waals surface area contributed by atoms with E-state index >= 15 is 0 Å². The number of rotatable bonds is 3. The molecule has 1 aliphatic rings. The molecule has 0 aromatic heterocycles. The third-order valence-electron chi connectivity index (χ3n) is 2.75. The quantitative estimate of drug-likeness (QED) is 0.671. The summed E-state index contributed by atoms with van der Waals surface area (Å²) in [5.41, 5.74) is 0. The van der Waals surface area contributed by atoms with Crippen molar-refractivity contribution in [1.29, 1.82) is 0 Å². The average molecular weight is 274 g/mol.